The maximum absolute atomic E-state index is 6.34. The number of rotatable bonds is 9. The van der Waals surface area contributed by atoms with Gasteiger partial charge in [0.2, 0.25) is 0 Å². The summed E-state index contributed by atoms with van der Waals surface area (Å²) >= 11 is 0. The maximum Gasteiger partial charge on any atom is 0.161 e. The third-order valence-corrected chi connectivity index (χ3v) is 3.50. The zero-order chi connectivity index (χ0) is 14.3. The van der Waals surface area contributed by atoms with E-state index in [0.717, 1.165) is 50.5 Å². The lowest BCUT2D eigenvalue weighted by molar-refractivity contribution is 0.286. The SMILES string of the molecule is CCCn1ncc(OC)c1C(N)CCN(CC)CC. The first kappa shape index (κ1) is 16.0. The third kappa shape index (κ3) is 4.21. The highest BCUT2D eigenvalue weighted by molar-refractivity contribution is 5.28. The van der Waals surface area contributed by atoms with Gasteiger partial charge in [-0.15, -0.1) is 0 Å². The van der Waals surface area contributed by atoms with Gasteiger partial charge < -0.3 is 15.4 Å². The van der Waals surface area contributed by atoms with Gasteiger partial charge in [0.1, 0.15) is 0 Å². The number of aromatic nitrogens is 2. The molecule has 0 spiro atoms. The standard InChI is InChI=1S/C14H28N4O/c1-5-9-18-14(13(19-4)11-16-18)12(15)8-10-17(6-2)7-3/h11-12H,5-10,15H2,1-4H3. The van der Waals surface area contributed by atoms with Crippen LogP contribution in [0.4, 0.5) is 0 Å². The molecule has 0 amide bonds. The molecular formula is C14H28N4O. The van der Waals surface area contributed by atoms with E-state index in [-0.39, 0.29) is 6.04 Å². The van der Waals surface area contributed by atoms with Crippen LogP contribution in [0.25, 0.3) is 0 Å². The van der Waals surface area contributed by atoms with Crippen molar-refractivity contribution in [2.45, 2.75) is 46.2 Å². The van der Waals surface area contributed by atoms with Gasteiger partial charge in [-0.05, 0) is 32.5 Å². The predicted octanol–water partition coefficient (Wildman–Crippen LogP) is 2.03. The first-order chi connectivity index (χ1) is 9.17. The lowest BCUT2D eigenvalue weighted by Crippen LogP contribution is -2.28. The molecule has 0 fully saturated rings. The molecule has 1 aromatic heterocycles. The van der Waals surface area contributed by atoms with Crippen LogP contribution in [0.5, 0.6) is 5.75 Å². The number of aryl methyl sites for hydroxylation is 1. The Kier molecular flexibility index (Phi) is 6.87. The fourth-order valence-electron chi connectivity index (χ4n) is 2.30. The summed E-state index contributed by atoms with van der Waals surface area (Å²) in [5.74, 6) is 0.806. The Bertz CT molecular complexity index is 360. The number of hydrogen-bond donors (Lipinski definition) is 1. The highest BCUT2D eigenvalue weighted by Gasteiger charge is 2.18. The van der Waals surface area contributed by atoms with Crippen LogP contribution in [0.15, 0.2) is 6.20 Å². The molecule has 0 aromatic carbocycles. The summed E-state index contributed by atoms with van der Waals surface area (Å²) in [5, 5.41) is 4.36. The van der Waals surface area contributed by atoms with Crippen molar-refractivity contribution in [2.75, 3.05) is 26.7 Å². The molecule has 1 atom stereocenters. The highest BCUT2D eigenvalue weighted by atomic mass is 16.5. The number of methoxy groups -OCH3 is 1. The van der Waals surface area contributed by atoms with E-state index in [9.17, 15) is 0 Å². The van der Waals surface area contributed by atoms with E-state index in [2.05, 4.69) is 30.8 Å². The lowest BCUT2D eigenvalue weighted by Gasteiger charge is -2.21. The molecule has 110 valence electrons. The first-order valence-corrected chi connectivity index (χ1v) is 7.25. The van der Waals surface area contributed by atoms with Crippen LogP contribution in [0, 0.1) is 0 Å². The number of ether oxygens (including phenoxy) is 1. The first-order valence-electron chi connectivity index (χ1n) is 7.25. The fourth-order valence-corrected chi connectivity index (χ4v) is 2.30. The van der Waals surface area contributed by atoms with Crippen LogP contribution in [0.1, 0.15) is 45.3 Å². The van der Waals surface area contributed by atoms with Crippen molar-refractivity contribution in [1.82, 2.24) is 14.7 Å². The van der Waals surface area contributed by atoms with Gasteiger partial charge >= 0.3 is 0 Å². The Hall–Kier alpha value is -1.07. The van der Waals surface area contributed by atoms with Crippen molar-refractivity contribution in [3.63, 3.8) is 0 Å². The molecule has 2 N–H and O–H groups in total. The predicted molar refractivity (Wildman–Crippen MR) is 78.4 cm³/mol. The van der Waals surface area contributed by atoms with E-state index < -0.39 is 0 Å². The van der Waals surface area contributed by atoms with Crippen LogP contribution < -0.4 is 10.5 Å². The van der Waals surface area contributed by atoms with Crippen LogP contribution in [0.2, 0.25) is 0 Å². The molecule has 0 saturated carbocycles. The van der Waals surface area contributed by atoms with Gasteiger partial charge in [-0.3, -0.25) is 4.68 Å². The van der Waals surface area contributed by atoms with Gasteiger partial charge in [0, 0.05) is 6.54 Å². The third-order valence-electron chi connectivity index (χ3n) is 3.50. The van der Waals surface area contributed by atoms with E-state index >= 15 is 0 Å². The molecule has 0 bridgehead atoms. The molecule has 0 saturated heterocycles. The monoisotopic (exact) mass is 268 g/mol. The number of hydrogen-bond acceptors (Lipinski definition) is 4. The average Bonchev–Trinajstić information content (AvgIpc) is 2.83. The van der Waals surface area contributed by atoms with Gasteiger partial charge in [-0.2, -0.15) is 5.10 Å². The molecule has 19 heavy (non-hydrogen) atoms. The van der Waals surface area contributed by atoms with Crippen LogP contribution >= 0.6 is 0 Å². The summed E-state index contributed by atoms with van der Waals surface area (Å²) in [5.41, 5.74) is 7.36. The van der Waals surface area contributed by atoms with Crippen molar-refractivity contribution < 1.29 is 4.74 Å². The largest absolute Gasteiger partial charge is 0.493 e. The smallest absolute Gasteiger partial charge is 0.161 e. The van der Waals surface area contributed by atoms with Gasteiger partial charge in [-0.25, -0.2) is 0 Å². The molecule has 1 rings (SSSR count). The van der Waals surface area contributed by atoms with E-state index in [0.29, 0.717) is 0 Å². The second-order valence-corrected chi connectivity index (χ2v) is 4.74. The minimum Gasteiger partial charge on any atom is -0.493 e. The van der Waals surface area contributed by atoms with Crippen molar-refractivity contribution in [2.24, 2.45) is 5.73 Å². The summed E-state index contributed by atoms with van der Waals surface area (Å²) in [6, 6.07) is -0.0235. The van der Waals surface area contributed by atoms with E-state index in [1.807, 2.05) is 4.68 Å². The quantitative estimate of drug-likeness (QED) is 0.744. The van der Waals surface area contributed by atoms with Gasteiger partial charge in [0.05, 0.1) is 25.0 Å². The normalized spacial score (nSPS) is 12.9. The van der Waals surface area contributed by atoms with E-state index in [4.69, 9.17) is 10.5 Å². The van der Waals surface area contributed by atoms with Gasteiger partial charge in [0.25, 0.3) is 0 Å². The molecule has 1 aromatic rings. The summed E-state index contributed by atoms with van der Waals surface area (Å²) in [7, 11) is 1.67. The Morgan fingerprint density at radius 2 is 2.05 bits per heavy atom. The van der Waals surface area contributed by atoms with Crippen molar-refractivity contribution in [3.8, 4) is 5.75 Å². The second-order valence-electron chi connectivity index (χ2n) is 4.74. The molecule has 0 radical (unpaired) electrons. The summed E-state index contributed by atoms with van der Waals surface area (Å²) in [6.45, 7) is 10.5. The Labute approximate surface area is 116 Å². The molecule has 0 aliphatic carbocycles. The number of nitrogens with two attached hydrogens (primary N) is 1. The van der Waals surface area contributed by atoms with Crippen LogP contribution in [-0.4, -0.2) is 41.4 Å². The van der Waals surface area contributed by atoms with Crippen molar-refractivity contribution in [1.29, 1.82) is 0 Å². The highest BCUT2D eigenvalue weighted by Crippen LogP contribution is 2.25. The molecule has 1 unspecified atom stereocenters. The fraction of sp³-hybridized carbons (Fsp3) is 0.786. The zero-order valence-electron chi connectivity index (χ0n) is 12.7. The van der Waals surface area contributed by atoms with Crippen molar-refractivity contribution in [3.05, 3.63) is 11.9 Å². The average molecular weight is 268 g/mol. The Morgan fingerprint density at radius 3 is 2.58 bits per heavy atom. The number of nitrogens with zero attached hydrogens (tertiary/aromatic N) is 3. The molecule has 0 aliphatic heterocycles. The summed E-state index contributed by atoms with van der Waals surface area (Å²) in [4.78, 5) is 2.38. The second kappa shape index (κ2) is 8.17. The maximum atomic E-state index is 6.34. The Balaban J connectivity index is 2.73. The molecule has 5 heteroatoms. The lowest BCUT2D eigenvalue weighted by atomic mass is 10.1. The molecule has 1 heterocycles. The molecule has 5 nitrogen and oxygen atoms in total. The minimum absolute atomic E-state index is 0.0235. The van der Waals surface area contributed by atoms with E-state index in [1.165, 1.54) is 0 Å². The zero-order valence-corrected chi connectivity index (χ0v) is 12.7. The topological polar surface area (TPSA) is 56.3 Å². The molecular weight excluding hydrogens is 240 g/mol. The van der Waals surface area contributed by atoms with Gasteiger partial charge in [0.15, 0.2) is 5.75 Å². The van der Waals surface area contributed by atoms with Crippen molar-refractivity contribution >= 4 is 0 Å². The summed E-state index contributed by atoms with van der Waals surface area (Å²) in [6.07, 6.45) is 3.73. The van der Waals surface area contributed by atoms with Crippen LogP contribution in [0.3, 0.4) is 0 Å². The molecule has 0 aliphatic rings. The minimum atomic E-state index is -0.0235. The van der Waals surface area contributed by atoms with E-state index in [1.54, 1.807) is 13.3 Å². The van der Waals surface area contributed by atoms with Gasteiger partial charge in [-0.1, -0.05) is 20.8 Å². The summed E-state index contributed by atoms with van der Waals surface area (Å²) < 4.78 is 7.35. The van der Waals surface area contributed by atoms with Crippen LogP contribution in [-0.2, 0) is 6.54 Å². The Morgan fingerprint density at radius 1 is 1.37 bits per heavy atom.